The van der Waals surface area contributed by atoms with Crippen molar-refractivity contribution in [1.29, 1.82) is 0 Å². The van der Waals surface area contributed by atoms with Gasteiger partial charge in [-0.3, -0.25) is 0 Å². The Labute approximate surface area is 96.2 Å². The third kappa shape index (κ3) is 5.39. The largest absolute Gasteiger partial charge is 0.0885 e. The minimum Gasteiger partial charge on any atom is -0.0885 e. The maximum Gasteiger partial charge on any atom is -0.0260 e. The van der Waals surface area contributed by atoms with Gasteiger partial charge in [0.15, 0.2) is 0 Å². The van der Waals surface area contributed by atoms with Gasteiger partial charge in [-0.25, -0.2) is 0 Å². The molecule has 0 saturated heterocycles. The van der Waals surface area contributed by atoms with E-state index >= 15 is 0 Å². The zero-order valence-corrected chi connectivity index (χ0v) is 11.1. The van der Waals surface area contributed by atoms with Crippen LogP contribution in [0.4, 0.5) is 0 Å². The molecule has 0 aromatic carbocycles. The molecule has 0 heteroatoms. The second kappa shape index (κ2) is 5.72. The molecule has 0 N–H and O–H groups in total. The van der Waals surface area contributed by atoms with E-state index in [9.17, 15) is 0 Å². The summed E-state index contributed by atoms with van der Waals surface area (Å²) in [5, 5.41) is 0. The van der Waals surface area contributed by atoms with E-state index in [-0.39, 0.29) is 0 Å². The lowest BCUT2D eigenvalue weighted by atomic mass is 9.91. The van der Waals surface area contributed by atoms with Crippen LogP contribution < -0.4 is 0 Å². The fraction of sp³-hybridized carbons (Fsp3) is 0.867. The molecule has 1 fully saturated rings. The Hall–Kier alpha value is -0.260. The lowest BCUT2D eigenvalue weighted by Crippen LogP contribution is -2.03. The predicted octanol–water partition coefficient (Wildman–Crippen LogP) is 5.20. The molecule has 0 heterocycles. The molecule has 15 heavy (non-hydrogen) atoms. The van der Waals surface area contributed by atoms with E-state index in [4.69, 9.17) is 0 Å². The van der Waals surface area contributed by atoms with Gasteiger partial charge in [-0.15, -0.1) is 0 Å². The van der Waals surface area contributed by atoms with Crippen molar-refractivity contribution >= 4 is 0 Å². The van der Waals surface area contributed by atoms with Gasteiger partial charge in [-0.1, -0.05) is 39.8 Å². The molecule has 0 radical (unpaired) electrons. The van der Waals surface area contributed by atoms with E-state index in [1.54, 1.807) is 0 Å². The quantitative estimate of drug-likeness (QED) is 0.505. The van der Waals surface area contributed by atoms with Crippen LogP contribution in [0.5, 0.6) is 0 Å². The Kier molecular flexibility index (Phi) is 4.89. The molecule has 0 amide bonds. The van der Waals surface area contributed by atoms with Crippen molar-refractivity contribution in [3.63, 3.8) is 0 Å². The predicted molar refractivity (Wildman–Crippen MR) is 69.0 cm³/mol. The fourth-order valence-electron chi connectivity index (χ4n) is 2.42. The van der Waals surface area contributed by atoms with E-state index in [2.05, 4.69) is 39.8 Å². The van der Waals surface area contributed by atoms with E-state index in [1.807, 2.05) is 0 Å². The van der Waals surface area contributed by atoms with Crippen LogP contribution >= 0.6 is 0 Å². The SMILES string of the molecule is CC(C)CCC=CCC1(CC(C)C)CC1. The monoisotopic (exact) mass is 208 g/mol. The molecule has 1 aliphatic rings. The van der Waals surface area contributed by atoms with E-state index in [0.29, 0.717) is 0 Å². The van der Waals surface area contributed by atoms with Crippen molar-refractivity contribution in [2.24, 2.45) is 17.3 Å². The summed E-state index contributed by atoms with van der Waals surface area (Å²) >= 11 is 0. The van der Waals surface area contributed by atoms with Crippen molar-refractivity contribution in [1.82, 2.24) is 0 Å². The van der Waals surface area contributed by atoms with Crippen LogP contribution in [-0.2, 0) is 0 Å². The van der Waals surface area contributed by atoms with Gasteiger partial charge in [0.2, 0.25) is 0 Å². The van der Waals surface area contributed by atoms with Crippen molar-refractivity contribution in [3.05, 3.63) is 12.2 Å². The average molecular weight is 208 g/mol. The first-order valence-electron chi connectivity index (χ1n) is 6.69. The lowest BCUT2D eigenvalue weighted by molar-refractivity contribution is 0.392. The summed E-state index contributed by atoms with van der Waals surface area (Å²) in [6.07, 6.45) is 13.2. The zero-order valence-electron chi connectivity index (χ0n) is 11.1. The number of rotatable bonds is 7. The van der Waals surface area contributed by atoms with Crippen molar-refractivity contribution < 1.29 is 0 Å². The molecular formula is C15H28. The van der Waals surface area contributed by atoms with Crippen LogP contribution in [0.3, 0.4) is 0 Å². The van der Waals surface area contributed by atoms with Gasteiger partial charge >= 0.3 is 0 Å². The molecule has 0 aromatic heterocycles. The van der Waals surface area contributed by atoms with Gasteiger partial charge in [0.25, 0.3) is 0 Å². The van der Waals surface area contributed by atoms with Crippen LogP contribution in [0.15, 0.2) is 12.2 Å². The number of hydrogen-bond donors (Lipinski definition) is 0. The highest BCUT2D eigenvalue weighted by Gasteiger charge is 2.41. The summed E-state index contributed by atoms with van der Waals surface area (Å²) in [4.78, 5) is 0. The third-order valence-electron chi connectivity index (χ3n) is 3.43. The minimum atomic E-state index is 0.725. The van der Waals surface area contributed by atoms with E-state index in [1.165, 1.54) is 38.5 Å². The highest BCUT2D eigenvalue weighted by atomic mass is 14.5. The molecule has 1 aliphatic carbocycles. The van der Waals surface area contributed by atoms with E-state index < -0.39 is 0 Å². The molecule has 1 rings (SSSR count). The Balaban J connectivity index is 2.13. The van der Waals surface area contributed by atoms with Crippen molar-refractivity contribution in [2.45, 2.75) is 66.2 Å². The van der Waals surface area contributed by atoms with Crippen molar-refractivity contribution in [3.8, 4) is 0 Å². The molecule has 0 unspecified atom stereocenters. The number of hydrogen-bond acceptors (Lipinski definition) is 0. The molecule has 88 valence electrons. The van der Waals surface area contributed by atoms with Crippen LogP contribution in [0, 0.1) is 17.3 Å². The minimum absolute atomic E-state index is 0.725. The fourth-order valence-corrected chi connectivity index (χ4v) is 2.42. The Morgan fingerprint density at radius 1 is 1.00 bits per heavy atom. The second-order valence-electron chi connectivity index (χ2n) is 6.24. The first-order valence-corrected chi connectivity index (χ1v) is 6.69. The molecule has 0 bridgehead atoms. The van der Waals surface area contributed by atoms with Crippen LogP contribution in [0.2, 0.25) is 0 Å². The molecule has 0 aliphatic heterocycles. The summed E-state index contributed by atoms with van der Waals surface area (Å²) in [6, 6.07) is 0. The summed E-state index contributed by atoms with van der Waals surface area (Å²) < 4.78 is 0. The Bertz CT molecular complexity index is 194. The van der Waals surface area contributed by atoms with Gasteiger partial charge in [-0.05, 0) is 55.8 Å². The standard InChI is InChI=1S/C15H28/c1-13(2)8-6-5-7-9-15(10-11-15)12-14(3)4/h5,7,13-14H,6,8-12H2,1-4H3. The van der Waals surface area contributed by atoms with Gasteiger partial charge in [0, 0.05) is 0 Å². The number of allylic oxidation sites excluding steroid dienone is 2. The third-order valence-corrected chi connectivity index (χ3v) is 3.43. The molecule has 1 saturated carbocycles. The normalized spacial score (nSPS) is 19.3. The Morgan fingerprint density at radius 3 is 2.13 bits per heavy atom. The van der Waals surface area contributed by atoms with Gasteiger partial charge in [-0.2, -0.15) is 0 Å². The lowest BCUT2D eigenvalue weighted by Gasteiger charge is -2.15. The highest BCUT2D eigenvalue weighted by Crippen LogP contribution is 2.53. The van der Waals surface area contributed by atoms with Crippen LogP contribution in [-0.4, -0.2) is 0 Å². The average Bonchev–Trinajstić information content (AvgIpc) is 2.83. The summed E-state index contributed by atoms with van der Waals surface area (Å²) in [5.74, 6) is 1.72. The molecule has 0 aromatic rings. The summed E-state index contributed by atoms with van der Waals surface area (Å²) in [5.41, 5.74) is 0.725. The van der Waals surface area contributed by atoms with E-state index in [0.717, 1.165) is 17.3 Å². The van der Waals surface area contributed by atoms with Crippen LogP contribution in [0.1, 0.15) is 66.2 Å². The summed E-state index contributed by atoms with van der Waals surface area (Å²) in [7, 11) is 0. The molecular weight excluding hydrogens is 180 g/mol. The van der Waals surface area contributed by atoms with Gasteiger partial charge < -0.3 is 0 Å². The van der Waals surface area contributed by atoms with Crippen LogP contribution in [0.25, 0.3) is 0 Å². The topological polar surface area (TPSA) is 0 Å². The molecule has 0 spiro atoms. The Morgan fingerprint density at radius 2 is 1.67 bits per heavy atom. The zero-order chi connectivity index (χ0) is 11.3. The highest BCUT2D eigenvalue weighted by molar-refractivity contribution is 5.00. The molecule has 0 nitrogen and oxygen atoms in total. The summed E-state index contributed by atoms with van der Waals surface area (Å²) in [6.45, 7) is 9.30. The maximum atomic E-state index is 2.44. The van der Waals surface area contributed by atoms with Gasteiger partial charge in [0.1, 0.15) is 0 Å². The first kappa shape index (κ1) is 12.8. The first-order chi connectivity index (χ1) is 7.04. The molecule has 0 atom stereocenters. The van der Waals surface area contributed by atoms with Crippen molar-refractivity contribution in [2.75, 3.05) is 0 Å². The second-order valence-corrected chi connectivity index (χ2v) is 6.24. The smallest absolute Gasteiger partial charge is 0.0260 e. The maximum absolute atomic E-state index is 2.44. The van der Waals surface area contributed by atoms with Gasteiger partial charge in [0.05, 0.1) is 0 Å².